The van der Waals surface area contributed by atoms with E-state index in [1.54, 1.807) is 30.3 Å². The summed E-state index contributed by atoms with van der Waals surface area (Å²) in [6.07, 6.45) is 2.20. The molecular weight excluding hydrogens is 414 g/mol. The number of halogens is 1. The average molecular weight is 436 g/mol. The van der Waals surface area contributed by atoms with Crippen molar-refractivity contribution in [3.05, 3.63) is 64.6 Å². The number of carbonyl (C=O) groups excluding carboxylic acids is 1. The van der Waals surface area contributed by atoms with E-state index in [-0.39, 0.29) is 10.9 Å². The van der Waals surface area contributed by atoms with Crippen LogP contribution in [0.1, 0.15) is 44.2 Å². The SMILES string of the molecule is CC(NC(=O)C1(S(=O)(=O)c2ccccc2)CCCC1)c1ccccc1Br. The third-order valence-electron chi connectivity index (χ3n) is 5.11. The van der Waals surface area contributed by atoms with Crippen LogP contribution in [-0.2, 0) is 14.6 Å². The number of sulfone groups is 1. The van der Waals surface area contributed by atoms with Gasteiger partial charge in [-0.05, 0) is 43.5 Å². The molecule has 1 aliphatic carbocycles. The van der Waals surface area contributed by atoms with Crippen LogP contribution < -0.4 is 5.32 Å². The number of hydrogen-bond donors (Lipinski definition) is 1. The van der Waals surface area contributed by atoms with Crippen molar-refractivity contribution >= 4 is 31.7 Å². The minimum atomic E-state index is -3.76. The summed E-state index contributed by atoms with van der Waals surface area (Å²) in [5.74, 6) is -0.401. The molecular formula is C20H22BrNO3S. The Kier molecular flexibility index (Phi) is 5.53. The molecule has 0 aromatic heterocycles. The van der Waals surface area contributed by atoms with Crippen molar-refractivity contribution in [1.29, 1.82) is 0 Å². The first kappa shape index (κ1) is 19.1. The first-order valence-corrected chi connectivity index (χ1v) is 11.0. The molecule has 1 amide bonds. The molecule has 6 heteroatoms. The monoisotopic (exact) mass is 435 g/mol. The molecule has 1 N–H and O–H groups in total. The molecule has 2 aromatic carbocycles. The summed E-state index contributed by atoms with van der Waals surface area (Å²) < 4.78 is 26.1. The van der Waals surface area contributed by atoms with Crippen LogP contribution in [0, 0.1) is 0 Å². The molecule has 0 aliphatic heterocycles. The maximum Gasteiger partial charge on any atom is 0.242 e. The average Bonchev–Trinajstić information content (AvgIpc) is 3.14. The molecule has 3 rings (SSSR count). The topological polar surface area (TPSA) is 63.2 Å². The van der Waals surface area contributed by atoms with Crippen molar-refractivity contribution in [3.8, 4) is 0 Å². The van der Waals surface area contributed by atoms with E-state index in [0.717, 1.165) is 22.9 Å². The molecule has 2 aromatic rings. The Bertz CT molecular complexity index is 890. The first-order chi connectivity index (χ1) is 12.4. The molecule has 0 heterocycles. The number of hydrogen-bond acceptors (Lipinski definition) is 3. The summed E-state index contributed by atoms with van der Waals surface area (Å²) in [6.45, 7) is 1.87. The fourth-order valence-electron chi connectivity index (χ4n) is 3.62. The van der Waals surface area contributed by atoms with Gasteiger partial charge in [0.15, 0.2) is 14.6 Å². The Morgan fingerprint density at radius 3 is 2.23 bits per heavy atom. The van der Waals surface area contributed by atoms with E-state index < -0.39 is 20.5 Å². The van der Waals surface area contributed by atoms with Gasteiger partial charge >= 0.3 is 0 Å². The number of carbonyl (C=O) groups is 1. The minimum absolute atomic E-state index is 0.214. The molecule has 1 aliphatic rings. The van der Waals surface area contributed by atoms with Crippen LogP contribution in [0.2, 0.25) is 0 Å². The molecule has 1 fully saturated rings. The molecule has 4 nitrogen and oxygen atoms in total. The van der Waals surface area contributed by atoms with E-state index in [1.807, 2.05) is 31.2 Å². The van der Waals surface area contributed by atoms with Crippen molar-refractivity contribution in [2.45, 2.75) is 48.3 Å². The van der Waals surface area contributed by atoms with Crippen LogP contribution in [0.15, 0.2) is 64.0 Å². The molecule has 26 heavy (non-hydrogen) atoms. The summed E-state index contributed by atoms with van der Waals surface area (Å²) in [5, 5.41) is 2.95. The van der Waals surface area contributed by atoms with Gasteiger partial charge in [-0.1, -0.05) is 65.2 Å². The number of rotatable bonds is 5. The summed E-state index contributed by atoms with van der Waals surface area (Å²) in [4.78, 5) is 13.4. The van der Waals surface area contributed by atoms with Gasteiger partial charge in [0, 0.05) is 4.47 Å². The highest BCUT2D eigenvalue weighted by Gasteiger charge is 2.53. The van der Waals surface area contributed by atoms with Gasteiger partial charge in [0.05, 0.1) is 10.9 Å². The fraction of sp³-hybridized carbons (Fsp3) is 0.350. The van der Waals surface area contributed by atoms with E-state index >= 15 is 0 Å². The molecule has 0 radical (unpaired) electrons. The minimum Gasteiger partial charge on any atom is -0.348 e. The van der Waals surface area contributed by atoms with Crippen LogP contribution in [0.4, 0.5) is 0 Å². The van der Waals surface area contributed by atoms with Crippen molar-refractivity contribution in [2.24, 2.45) is 0 Å². The maximum absolute atomic E-state index is 13.3. The van der Waals surface area contributed by atoms with Crippen LogP contribution in [0.5, 0.6) is 0 Å². The molecule has 0 bridgehead atoms. The van der Waals surface area contributed by atoms with Crippen LogP contribution in [0.3, 0.4) is 0 Å². The lowest BCUT2D eigenvalue weighted by molar-refractivity contribution is -0.124. The first-order valence-electron chi connectivity index (χ1n) is 8.73. The van der Waals surface area contributed by atoms with Gasteiger partial charge in [0.2, 0.25) is 5.91 Å². The Morgan fingerprint density at radius 1 is 1.04 bits per heavy atom. The van der Waals surface area contributed by atoms with Gasteiger partial charge in [0.25, 0.3) is 0 Å². The maximum atomic E-state index is 13.3. The predicted octanol–water partition coefficient (Wildman–Crippen LogP) is 4.41. The van der Waals surface area contributed by atoms with Crippen LogP contribution in [-0.4, -0.2) is 19.1 Å². The molecule has 1 unspecified atom stereocenters. The highest BCUT2D eigenvalue weighted by atomic mass is 79.9. The van der Waals surface area contributed by atoms with Gasteiger partial charge < -0.3 is 5.32 Å². The molecule has 1 saturated carbocycles. The van der Waals surface area contributed by atoms with Gasteiger partial charge in [-0.15, -0.1) is 0 Å². The zero-order chi connectivity index (χ0) is 18.8. The summed E-state index contributed by atoms with van der Waals surface area (Å²) in [5.41, 5.74) is 0.922. The quantitative estimate of drug-likeness (QED) is 0.755. The zero-order valence-electron chi connectivity index (χ0n) is 14.6. The normalized spacial score (nSPS) is 17.6. The zero-order valence-corrected chi connectivity index (χ0v) is 17.0. The lowest BCUT2D eigenvalue weighted by Crippen LogP contribution is -2.51. The lowest BCUT2D eigenvalue weighted by atomic mass is 10.0. The van der Waals surface area contributed by atoms with E-state index in [4.69, 9.17) is 0 Å². The van der Waals surface area contributed by atoms with E-state index in [1.165, 1.54) is 0 Å². The van der Waals surface area contributed by atoms with Crippen LogP contribution in [0.25, 0.3) is 0 Å². The van der Waals surface area contributed by atoms with Crippen LogP contribution >= 0.6 is 15.9 Å². The van der Waals surface area contributed by atoms with Gasteiger partial charge in [0.1, 0.15) is 0 Å². The Morgan fingerprint density at radius 2 is 1.62 bits per heavy atom. The van der Waals surface area contributed by atoms with Crippen molar-refractivity contribution in [2.75, 3.05) is 0 Å². The Balaban J connectivity index is 1.93. The smallest absolute Gasteiger partial charge is 0.242 e. The molecule has 0 spiro atoms. The summed E-state index contributed by atoms with van der Waals surface area (Å²) >= 11 is 3.49. The predicted molar refractivity (Wildman–Crippen MR) is 106 cm³/mol. The number of amides is 1. The van der Waals surface area contributed by atoms with Crippen molar-refractivity contribution < 1.29 is 13.2 Å². The summed E-state index contributed by atoms with van der Waals surface area (Å²) in [6, 6.07) is 15.6. The highest BCUT2D eigenvalue weighted by Crippen LogP contribution is 2.41. The second-order valence-electron chi connectivity index (χ2n) is 6.73. The highest BCUT2D eigenvalue weighted by molar-refractivity contribution is 9.10. The molecule has 138 valence electrons. The summed E-state index contributed by atoms with van der Waals surface area (Å²) in [7, 11) is -3.76. The molecule has 0 saturated heterocycles. The molecule has 1 atom stereocenters. The van der Waals surface area contributed by atoms with Crippen molar-refractivity contribution in [1.82, 2.24) is 5.32 Å². The standard InChI is InChI=1S/C20H22BrNO3S/c1-15(17-11-5-6-12-18(17)21)22-19(23)20(13-7-8-14-20)26(24,25)16-9-3-2-4-10-16/h2-6,9-12,15H,7-8,13-14H2,1H3,(H,22,23). The number of benzene rings is 2. The van der Waals surface area contributed by atoms with E-state index in [2.05, 4.69) is 21.2 Å². The van der Waals surface area contributed by atoms with E-state index in [0.29, 0.717) is 12.8 Å². The number of nitrogens with one attached hydrogen (secondary N) is 1. The second kappa shape index (κ2) is 7.53. The third kappa shape index (κ3) is 3.32. The second-order valence-corrected chi connectivity index (χ2v) is 9.85. The van der Waals surface area contributed by atoms with Gasteiger partial charge in [-0.3, -0.25) is 4.79 Å². The Hall–Kier alpha value is -1.66. The van der Waals surface area contributed by atoms with Crippen molar-refractivity contribution in [3.63, 3.8) is 0 Å². The third-order valence-corrected chi connectivity index (χ3v) is 8.35. The largest absolute Gasteiger partial charge is 0.348 e. The van der Waals surface area contributed by atoms with Gasteiger partial charge in [-0.2, -0.15) is 0 Å². The van der Waals surface area contributed by atoms with E-state index in [9.17, 15) is 13.2 Å². The lowest BCUT2D eigenvalue weighted by Gasteiger charge is -2.29. The Labute approximate surface area is 163 Å². The fourth-order valence-corrected chi connectivity index (χ4v) is 6.35. The van der Waals surface area contributed by atoms with Gasteiger partial charge in [-0.25, -0.2) is 8.42 Å².